The number of para-hydroxylation sites is 1. The van der Waals surface area contributed by atoms with E-state index in [-0.39, 0.29) is 6.03 Å². The van der Waals surface area contributed by atoms with Gasteiger partial charge in [0.15, 0.2) is 0 Å². The summed E-state index contributed by atoms with van der Waals surface area (Å²) >= 11 is 1.46. The Balaban J connectivity index is 2.18. The molecule has 1 aromatic carbocycles. The lowest BCUT2D eigenvalue weighted by Crippen LogP contribution is -2.44. The van der Waals surface area contributed by atoms with Crippen molar-refractivity contribution in [3.8, 4) is 0 Å². The molecule has 0 saturated carbocycles. The maximum Gasteiger partial charge on any atom is 0.327 e. The third-order valence-electron chi connectivity index (χ3n) is 3.40. The molecule has 5 nitrogen and oxygen atoms in total. The van der Waals surface area contributed by atoms with Crippen LogP contribution < -0.4 is 5.32 Å². The molecule has 2 amide bonds. The van der Waals surface area contributed by atoms with Crippen molar-refractivity contribution >= 4 is 29.4 Å². The van der Waals surface area contributed by atoms with Crippen LogP contribution in [-0.4, -0.2) is 39.7 Å². The summed E-state index contributed by atoms with van der Waals surface area (Å²) in [4.78, 5) is 24.8. The van der Waals surface area contributed by atoms with E-state index in [2.05, 4.69) is 5.32 Å². The van der Waals surface area contributed by atoms with E-state index in [4.69, 9.17) is 5.11 Å². The van der Waals surface area contributed by atoms with Crippen molar-refractivity contribution in [2.45, 2.75) is 26.3 Å². The predicted octanol–water partition coefficient (Wildman–Crippen LogP) is 2.55. The lowest BCUT2D eigenvalue weighted by atomic mass is 10.1. The highest BCUT2D eigenvalue weighted by molar-refractivity contribution is 7.99. The van der Waals surface area contributed by atoms with E-state index in [1.165, 1.54) is 16.7 Å². The second kappa shape index (κ2) is 6.17. The average molecular weight is 294 g/mol. The Morgan fingerprint density at radius 2 is 2.25 bits per heavy atom. The number of benzene rings is 1. The number of nitrogens with zero attached hydrogens (tertiary/aromatic N) is 1. The van der Waals surface area contributed by atoms with Crippen LogP contribution >= 0.6 is 11.8 Å². The highest BCUT2D eigenvalue weighted by Gasteiger charge is 2.34. The fraction of sp³-hybridized carbons (Fsp3) is 0.429. The van der Waals surface area contributed by atoms with Crippen LogP contribution in [0, 0.1) is 6.92 Å². The zero-order chi connectivity index (χ0) is 14.7. The van der Waals surface area contributed by atoms with Crippen LogP contribution in [-0.2, 0) is 11.2 Å². The number of carbonyl (C=O) groups excluding carboxylic acids is 1. The first-order valence-electron chi connectivity index (χ1n) is 6.51. The number of thioether (sulfide) groups is 1. The highest BCUT2D eigenvalue weighted by Crippen LogP contribution is 2.25. The summed E-state index contributed by atoms with van der Waals surface area (Å²) < 4.78 is 0. The Kier molecular flexibility index (Phi) is 4.54. The van der Waals surface area contributed by atoms with E-state index < -0.39 is 12.0 Å². The average Bonchev–Trinajstić information content (AvgIpc) is 2.90. The number of rotatable bonds is 3. The van der Waals surface area contributed by atoms with E-state index in [1.807, 2.05) is 32.0 Å². The van der Waals surface area contributed by atoms with E-state index >= 15 is 0 Å². The number of carbonyl (C=O) groups is 2. The smallest absolute Gasteiger partial charge is 0.327 e. The Labute approximate surface area is 122 Å². The molecule has 0 bridgehead atoms. The second-order valence-electron chi connectivity index (χ2n) is 4.72. The predicted molar refractivity (Wildman–Crippen MR) is 80.2 cm³/mol. The maximum absolute atomic E-state index is 12.3. The normalized spacial score (nSPS) is 18.1. The molecule has 1 heterocycles. The second-order valence-corrected chi connectivity index (χ2v) is 5.72. The highest BCUT2D eigenvalue weighted by atomic mass is 32.2. The molecule has 6 heteroatoms. The molecule has 1 atom stereocenters. The third-order valence-corrected chi connectivity index (χ3v) is 4.41. The molecule has 0 unspecified atom stereocenters. The molecule has 2 rings (SSSR count). The number of anilines is 1. The molecule has 20 heavy (non-hydrogen) atoms. The molecule has 0 radical (unpaired) electrons. The van der Waals surface area contributed by atoms with Gasteiger partial charge >= 0.3 is 12.0 Å². The summed E-state index contributed by atoms with van der Waals surface area (Å²) in [6, 6.07) is 4.77. The van der Waals surface area contributed by atoms with Crippen LogP contribution in [0.3, 0.4) is 0 Å². The van der Waals surface area contributed by atoms with Gasteiger partial charge in [-0.1, -0.05) is 25.1 Å². The molecular weight excluding hydrogens is 276 g/mol. The van der Waals surface area contributed by atoms with Crippen molar-refractivity contribution in [3.05, 3.63) is 29.3 Å². The zero-order valence-electron chi connectivity index (χ0n) is 11.5. The number of nitrogens with one attached hydrogen (secondary N) is 1. The summed E-state index contributed by atoms with van der Waals surface area (Å²) in [6.45, 7) is 3.96. The Morgan fingerprint density at radius 1 is 1.50 bits per heavy atom. The molecule has 2 N–H and O–H groups in total. The van der Waals surface area contributed by atoms with E-state index in [9.17, 15) is 9.59 Å². The third kappa shape index (κ3) is 2.90. The molecule has 0 aromatic heterocycles. The number of aryl methyl sites for hydroxylation is 2. The van der Waals surface area contributed by atoms with Crippen molar-refractivity contribution in [1.82, 2.24) is 4.90 Å². The maximum atomic E-state index is 12.3. The molecule has 0 spiro atoms. The molecule has 108 valence electrons. The van der Waals surface area contributed by atoms with Gasteiger partial charge in [0, 0.05) is 11.4 Å². The van der Waals surface area contributed by atoms with Crippen LogP contribution in [0.2, 0.25) is 0 Å². The summed E-state index contributed by atoms with van der Waals surface area (Å²) in [5.74, 6) is -0.0986. The minimum Gasteiger partial charge on any atom is -0.480 e. The van der Waals surface area contributed by atoms with Gasteiger partial charge in [0.25, 0.3) is 0 Å². The number of aliphatic carboxylic acids is 1. The molecule has 1 aliphatic rings. The Hall–Kier alpha value is -1.69. The van der Waals surface area contributed by atoms with Crippen LogP contribution in [0.1, 0.15) is 18.1 Å². The van der Waals surface area contributed by atoms with Gasteiger partial charge in [-0.05, 0) is 24.5 Å². The van der Waals surface area contributed by atoms with Gasteiger partial charge < -0.3 is 15.3 Å². The minimum absolute atomic E-state index is 0.341. The first-order valence-corrected chi connectivity index (χ1v) is 7.66. The number of carboxylic acids is 1. The summed E-state index contributed by atoms with van der Waals surface area (Å²) in [6.07, 6.45) is 0.814. The van der Waals surface area contributed by atoms with E-state index in [1.54, 1.807) is 0 Å². The number of amides is 2. The van der Waals surface area contributed by atoms with Gasteiger partial charge in [-0.3, -0.25) is 0 Å². The standard InChI is InChI=1S/C14H18N2O3S/c1-3-10-6-4-5-9(2)12(10)15-14(19)16-8-20-7-11(16)13(17)18/h4-6,11H,3,7-8H2,1-2H3,(H,15,19)(H,17,18)/t11-/m0/s1. The lowest BCUT2D eigenvalue weighted by molar-refractivity contribution is -0.140. The molecule has 1 saturated heterocycles. The first-order chi connectivity index (χ1) is 9.54. The monoisotopic (exact) mass is 294 g/mol. The largest absolute Gasteiger partial charge is 0.480 e. The summed E-state index contributed by atoms with van der Waals surface area (Å²) in [7, 11) is 0. The van der Waals surface area contributed by atoms with Crippen LogP contribution in [0.4, 0.5) is 10.5 Å². The first kappa shape index (κ1) is 14.7. The van der Waals surface area contributed by atoms with Gasteiger partial charge in [-0.15, -0.1) is 11.8 Å². The number of hydrogen-bond acceptors (Lipinski definition) is 3. The van der Waals surface area contributed by atoms with Crippen molar-refractivity contribution in [3.63, 3.8) is 0 Å². The quantitative estimate of drug-likeness (QED) is 0.899. The minimum atomic E-state index is -0.953. The van der Waals surface area contributed by atoms with Crippen molar-refractivity contribution < 1.29 is 14.7 Å². The van der Waals surface area contributed by atoms with Gasteiger partial charge in [-0.25, -0.2) is 9.59 Å². The molecule has 1 aliphatic heterocycles. The van der Waals surface area contributed by atoms with Crippen molar-refractivity contribution in [2.75, 3.05) is 16.9 Å². The van der Waals surface area contributed by atoms with Crippen molar-refractivity contribution in [2.24, 2.45) is 0 Å². The molecule has 1 aromatic rings. The van der Waals surface area contributed by atoms with Crippen LogP contribution in [0.15, 0.2) is 18.2 Å². The Morgan fingerprint density at radius 3 is 2.90 bits per heavy atom. The number of urea groups is 1. The van der Waals surface area contributed by atoms with E-state index in [0.717, 1.165) is 23.2 Å². The van der Waals surface area contributed by atoms with Crippen LogP contribution in [0.5, 0.6) is 0 Å². The lowest BCUT2D eigenvalue weighted by Gasteiger charge is -2.22. The SMILES string of the molecule is CCc1cccc(C)c1NC(=O)N1CSC[C@H]1C(=O)O. The summed E-state index contributed by atoms with van der Waals surface area (Å²) in [5, 5.41) is 12.0. The van der Waals surface area contributed by atoms with Crippen molar-refractivity contribution in [1.29, 1.82) is 0 Å². The van der Waals surface area contributed by atoms with Crippen LogP contribution in [0.25, 0.3) is 0 Å². The molecule has 0 aliphatic carbocycles. The molecule has 1 fully saturated rings. The fourth-order valence-corrected chi connectivity index (χ4v) is 3.37. The topological polar surface area (TPSA) is 69.6 Å². The van der Waals surface area contributed by atoms with Gasteiger partial charge in [0.05, 0.1) is 5.88 Å². The van der Waals surface area contributed by atoms with E-state index in [0.29, 0.717) is 11.6 Å². The number of hydrogen-bond donors (Lipinski definition) is 2. The molecular formula is C14H18N2O3S. The van der Waals surface area contributed by atoms with Gasteiger partial charge in [-0.2, -0.15) is 0 Å². The summed E-state index contributed by atoms with van der Waals surface area (Å²) in [5.41, 5.74) is 2.83. The zero-order valence-corrected chi connectivity index (χ0v) is 12.4. The number of carboxylic acid groups (broad SMARTS) is 1. The van der Waals surface area contributed by atoms with Gasteiger partial charge in [0.2, 0.25) is 0 Å². The fourth-order valence-electron chi connectivity index (χ4n) is 2.23. The Bertz CT molecular complexity index is 533. The van der Waals surface area contributed by atoms with Gasteiger partial charge in [0.1, 0.15) is 6.04 Å².